The van der Waals surface area contributed by atoms with Gasteiger partial charge in [0.05, 0.1) is 23.7 Å². The van der Waals surface area contributed by atoms with Gasteiger partial charge in [-0.05, 0) is 91.8 Å². The van der Waals surface area contributed by atoms with Crippen molar-refractivity contribution in [3.8, 4) is 5.75 Å². The fourth-order valence-electron chi connectivity index (χ4n) is 7.49. The van der Waals surface area contributed by atoms with Crippen LogP contribution in [0.4, 0.5) is 28.9 Å². The molecule has 3 aromatic rings. The third kappa shape index (κ3) is 7.22. The average Bonchev–Trinajstić information content (AvgIpc) is 3.25. The molecule has 3 aliphatic rings. The molecule has 7 nitrogen and oxygen atoms in total. The van der Waals surface area contributed by atoms with Gasteiger partial charge in [0.15, 0.2) is 11.6 Å². The number of halogens is 4. The standard InChI is InChI=1S/C35H39F4N3O4S/c1-34(2)20-40-30-16-29(39)31(17-32(30)46-34)42-10-8-35(9-11-42)18-22(25-6-5-23(36)15-26(25)35)14-33(43)41-24(19-47(3,44)45)12-21-4-7-27(37)28(38)13-21/h4-7,13,15-17,22,24,40H,8-12,14,18-20H2,1-3H3,(H,41,43)/t22-,24-/m1/s1. The monoisotopic (exact) mass is 673 g/mol. The Kier molecular flexibility index (Phi) is 8.69. The van der Waals surface area contributed by atoms with E-state index in [2.05, 4.69) is 10.6 Å². The molecule has 1 amide bonds. The van der Waals surface area contributed by atoms with Crippen LogP contribution in [-0.4, -0.2) is 57.6 Å². The lowest BCUT2D eigenvalue weighted by atomic mass is 9.73. The molecule has 12 heteroatoms. The summed E-state index contributed by atoms with van der Waals surface area (Å²) >= 11 is 0. The third-order valence-electron chi connectivity index (χ3n) is 9.63. The molecular formula is C35H39F4N3O4S. The maximum absolute atomic E-state index is 15.3. The number of sulfone groups is 1. The minimum absolute atomic E-state index is 0.0000985. The first-order valence-electron chi connectivity index (χ1n) is 15.8. The highest BCUT2D eigenvalue weighted by atomic mass is 32.2. The summed E-state index contributed by atoms with van der Waals surface area (Å²) in [5.74, 6) is -3.21. The zero-order valence-corrected chi connectivity index (χ0v) is 27.5. The van der Waals surface area contributed by atoms with Crippen LogP contribution in [0.1, 0.15) is 62.1 Å². The number of amides is 1. The van der Waals surface area contributed by atoms with Gasteiger partial charge in [0, 0.05) is 43.9 Å². The summed E-state index contributed by atoms with van der Waals surface area (Å²) in [5.41, 5.74) is 2.29. The van der Waals surface area contributed by atoms with Crippen molar-refractivity contribution in [2.24, 2.45) is 0 Å². The largest absolute Gasteiger partial charge is 0.484 e. The number of rotatable bonds is 8. The first-order valence-corrected chi connectivity index (χ1v) is 17.9. The second kappa shape index (κ2) is 12.3. The molecular weight excluding hydrogens is 634 g/mol. The minimum Gasteiger partial charge on any atom is -0.484 e. The van der Waals surface area contributed by atoms with Gasteiger partial charge in [-0.2, -0.15) is 0 Å². The summed E-state index contributed by atoms with van der Waals surface area (Å²) in [5, 5.41) is 6.04. The Hall–Kier alpha value is -3.80. The van der Waals surface area contributed by atoms with Crippen LogP contribution in [-0.2, 0) is 26.5 Å². The number of anilines is 2. The maximum atomic E-state index is 15.3. The molecule has 1 aliphatic carbocycles. The fourth-order valence-corrected chi connectivity index (χ4v) is 8.43. The van der Waals surface area contributed by atoms with Crippen molar-refractivity contribution in [3.63, 3.8) is 0 Å². The second-order valence-corrected chi connectivity index (χ2v) is 16.1. The summed E-state index contributed by atoms with van der Waals surface area (Å²) in [7, 11) is -3.52. The van der Waals surface area contributed by atoms with Crippen molar-refractivity contribution in [1.29, 1.82) is 0 Å². The van der Waals surface area contributed by atoms with E-state index in [1.165, 1.54) is 18.2 Å². The van der Waals surface area contributed by atoms with Crippen molar-refractivity contribution < 1.29 is 35.5 Å². The van der Waals surface area contributed by atoms with Crippen LogP contribution < -0.4 is 20.3 Å². The normalized spacial score (nSPS) is 20.1. The molecule has 2 N–H and O–H groups in total. The number of benzene rings is 3. The van der Waals surface area contributed by atoms with Gasteiger partial charge < -0.3 is 20.3 Å². The number of carbonyl (C=O) groups excluding carboxylic acids is 1. The van der Waals surface area contributed by atoms with Crippen LogP contribution in [0.25, 0.3) is 0 Å². The molecule has 47 heavy (non-hydrogen) atoms. The van der Waals surface area contributed by atoms with E-state index in [0.29, 0.717) is 61.6 Å². The predicted molar refractivity (Wildman–Crippen MR) is 173 cm³/mol. The van der Waals surface area contributed by atoms with Gasteiger partial charge in [-0.25, -0.2) is 26.0 Å². The van der Waals surface area contributed by atoms with Gasteiger partial charge in [-0.1, -0.05) is 12.1 Å². The average molecular weight is 674 g/mol. The SMILES string of the molecule is CC1(C)CNc2cc(F)c(N3CCC4(CC3)C[C@@H](CC(=O)N[C@H](Cc3ccc(F)c(F)c3)CS(C)(=O)=O)c3ccc(F)cc34)cc2O1. The van der Waals surface area contributed by atoms with Gasteiger partial charge >= 0.3 is 0 Å². The zero-order valence-electron chi connectivity index (χ0n) is 26.6. The predicted octanol–water partition coefficient (Wildman–Crippen LogP) is 6.01. The first-order chi connectivity index (χ1) is 22.1. The molecule has 0 unspecified atom stereocenters. The quantitative estimate of drug-likeness (QED) is 0.285. The Morgan fingerprint density at radius 3 is 2.47 bits per heavy atom. The summed E-state index contributed by atoms with van der Waals surface area (Å²) < 4.78 is 87.7. The van der Waals surface area contributed by atoms with Crippen molar-refractivity contribution in [2.75, 3.05) is 41.9 Å². The topological polar surface area (TPSA) is 87.7 Å². The Morgan fingerprint density at radius 2 is 1.77 bits per heavy atom. The lowest BCUT2D eigenvalue weighted by Gasteiger charge is -2.42. The van der Waals surface area contributed by atoms with E-state index in [0.717, 1.165) is 29.5 Å². The molecule has 3 aromatic carbocycles. The van der Waals surface area contributed by atoms with Gasteiger partial charge in [0.25, 0.3) is 0 Å². The van der Waals surface area contributed by atoms with Crippen LogP contribution in [0.3, 0.4) is 0 Å². The highest BCUT2D eigenvalue weighted by molar-refractivity contribution is 7.90. The lowest BCUT2D eigenvalue weighted by Crippen LogP contribution is -2.43. The van der Waals surface area contributed by atoms with E-state index < -0.39 is 38.5 Å². The highest BCUT2D eigenvalue weighted by Crippen LogP contribution is 2.53. The summed E-state index contributed by atoms with van der Waals surface area (Å²) in [6, 6.07) is 10.3. The van der Waals surface area contributed by atoms with E-state index in [-0.39, 0.29) is 42.1 Å². The molecule has 0 radical (unpaired) electrons. The molecule has 252 valence electrons. The first kappa shape index (κ1) is 33.1. The summed E-state index contributed by atoms with van der Waals surface area (Å²) in [4.78, 5) is 15.4. The fraction of sp³-hybridized carbons (Fsp3) is 0.457. The maximum Gasteiger partial charge on any atom is 0.220 e. The molecule has 0 saturated carbocycles. The number of piperidine rings is 1. The number of nitrogens with one attached hydrogen (secondary N) is 2. The Bertz CT molecular complexity index is 1810. The molecule has 2 heterocycles. The van der Waals surface area contributed by atoms with Crippen molar-refractivity contribution in [2.45, 2.75) is 68.9 Å². The number of carbonyl (C=O) groups is 1. The molecule has 6 rings (SSSR count). The smallest absolute Gasteiger partial charge is 0.220 e. The number of nitrogens with zero attached hydrogens (tertiary/aromatic N) is 1. The summed E-state index contributed by atoms with van der Waals surface area (Å²) in [6.45, 7) is 5.52. The van der Waals surface area contributed by atoms with Crippen molar-refractivity contribution in [1.82, 2.24) is 5.32 Å². The van der Waals surface area contributed by atoms with Gasteiger partial charge in [-0.15, -0.1) is 0 Å². The summed E-state index contributed by atoms with van der Waals surface area (Å²) in [6.07, 6.45) is 2.92. The lowest BCUT2D eigenvalue weighted by molar-refractivity contribution is -0.122. The molecule has 0 bridgehead atoms. The second-order valence-electron chi connectivity index (χ2n) is 13.9. The van der Waals surface area contributed by atoms with E-state index in [1.807, 2.05) is 18.7 Å². The number of ether oxygens (including phenoxy) is 1. The van der Waals surface area contributed by atoms with E-state index in [9.17, 15) is 26.4 Å². The van der Waals surface area contributed by atoms with Crippen LogP contribution in [0, 0.1) is 23.3 Å². The van der Waals surface area contributed by atoms with Gasteiger partial charge in [0.1, 0.15) is 32.8 Å². The van der Waals surface area contributed by atoms with E-state index >= 15 is 4.39 Å². The molecule has 2 aliphatic heterocycles. The zero-order chi connectivity index (χ0) is 33.7. The van der Waals surface area contributed by atoms with E-state index in [4.69, 9.17) is 4.74 Å². The Labute approximate surface area is 272 Å². The molecule has 2 atom stereocenters. The molecule has 1 spiro atoms. The van der Waals surface area contributed by atoms with Gasteiger partial charge in [0.2, 0.25) is 5.91 Å². The Morgan fingerprint density at radius 1 is 1.02 bits per heavy atom. The molecule has 0 aromatic heterocycles. The number of fused-ring (bicyclic) bond motifs is 3. The van der Waals surface area contributed by atoms with Crippen LogP contribution >= 0.6 is 0 Å². The van der Waals surface area contributed by atoms with Crippen molar-refractivity contribution >= 4 is 27.1 Å². The number of hydrogen-bond acceptors (Lipinski definition) is 6. The third-order valence-corrected chi connectivity index (χ3v) is 10.6. The molecule has 1 fully saturated rings. The van der Waals surface area contributed by atoms with Crippen LogP contribution in [0.5, 0.6) is 5.75 Å². The molecule has 1 saturated heterocycles. The number of hydrogen-bond donors (Lipinski definition) is 2. The Balaban J connectivity index is 1.17. The van der Waals surface area contributed by atoms with Crippen molar-refractivity contribution in [3.05, 3.63) is 88.5 Å². The van der Waals surface area contributed by atoms with Crippen LogP contribution in [0.15, 0.2) is 48.5 Å². The van der Waals surface area contributed by atoms with Crippen LogP contribution in [0.2, 0.25) is 0 Å². The van der Waals surface area contributed by atoms with Gasteiger partial charge in [-0.3, -0.25) is 4.79 Å². The minimum atomic E-state index is -3.52. The van der Waals surface area contributed by atoms with E-state index in [1.54, 1.807) is 18.2 Å². The highest BCUT2D eigenvalue weighted by Gasteiger charge is 2.46.